The first kappa shape index (κ1) is 74.0. The molecule has 2 aromatic rings. The molecule has 0 radical (unpaired) electrons. The zero-order valence-electron chi connectivity index (χ0n) is 49.9. The van der Waals surface area contributed by atoms with Gasteiger partial charge >= 0.3 is 5.97 Å². The number of carbonyl (C=O) groups is 4. The number of nitrogens with one attached hydrogen (secondary N) is 2. The molecule has 0 aliphatic rings. The maximum Gasteiger partial charge on any atom is 0.306 e. The van der Waals surface area contributed by atoms with Crippen LogP contribution in [0.5, 0.6) is 0 Å². The number of likely N-dealkylation sites (N-methyl/N-ethyl adjacent to an activating group) is 1. The molecule has 442 valence electrons. The molecule has 0 aliphatic heterocycles. The van der Waals surface area contributed by atoms with Crippen molar-refractivity contribution in [3.8, 4) is 0 Å². The van der Waals surface area contributed by atoms with E-state index in [4.69, 9.17) is 16.2 Å². The van der Waals surface area contributed by atoms with Crippen LogP contribution in [0, 0.1) is 0 Å². The Labute approximate surface area is 463 Å². The molecule has 1 atom stereocenters. The van der Waals surface area contributed by atoms with Crippen LogP contribution in [0.1, 0.15) is 297 Å². The van der Waals surface area contributed by atoms with Crippen molar-refractivity contribution in [2.75, 3.05) is 27.7 Å². The van der Waals surface area contributed by atoms with E-state index >= 15 is 0 Å². The van der Waals surface area contributed by atoms with E-state index in [0.29, 0.717) is 41.5 Å². The predicted octanol–water partition coefficient (Wildman–Crippen LogP) is 14.3. The van der Waals surface area contributed by atoms with Gasteiger partial charge in [-0.15, -0.1) is 0 Å². The Kier molecular flexibility index (Phi) is 54.2. The highest BCUT2D eigenvalue weighted by Crippen LogP contribution is 2.16. The molecule has 0 spiro atoms. The standard InChI is InChI=1S/C23H45NO4.C18H35NO.C16H33NO.C5H4N4O/c1-5-6-7-8-9-10-11-12-13-14-15-16-17-18-23(27)28-21(19-22(25)26)20-24(2,3)4;1-2-3-4-5-6-7-8-9-10-11-12-13-14-15-16-17-18(19)20;1-2-3-4-5-6-7-8-9-10-11-12-13-14-15-16(17)18;10-5-3-4(7-1-6-3)8-2-9-5/h21H,5-20H2,1-4H3;9-10H,2-8,11-17H2,1H3,(H2,19,20);2-15H2,1H3,(H2,17,18);1-2H,(H2,6,7,8,9,10)/b;10-9-;;. The first-order valence-electron chi connectivity index (χ1n) is 30.9. The van der Waals surface area contributed by atoms with E-state index in [-0.39, 0.29) is 29.8 Å². The Hall–Kier alpha value is -4.07. The smallest absolute Gasteiger partial charge is 0.306 e. The second-order valence-electron chi connectivity index (χ2n) is 22.2. The lowest BCUT2D eigenvalue weighted by Gasteiger charge is -2.29. The van der Waals surface area contributed by atoms with E-state index in [1.54, 1.807) is 0 Å². The number of hydrogen-bond donors (Lipinski definition) is 4. The molecule has 1 unspecified atom stereocenters. The molecule has 14 heteroatoms. The number of carboxylic acids is 1. The molecule has 2 amide bonds. The molecule has 0 saturated heterocycles. The molecule has 6 N–H and O–H groups in total. The zero-order valence-corrected chi connectivity index (χ0v) is 49.9. The Morgan fingerprint density at radius 1 is 0.513 bits per heavy atom. The van der Waals surface area contributed by atoms with Crippen LogP contribution in [0.15, 0.2) is 29.6 Å². The van der Waals surface area contributed by atoms with Gasteiger partial charge in [0.15, 0.2) is 17.3 Å². The van der Waals surface area contributed by atoms with E-state index in [0.717, 1.165) is 38.5 Å². The van der Waals surface area contributed by atoms with Crippen LogP contribution in [0.2, 0.25) is 0 Å². The summed E-state index contributed by atoms with van der Waals surface area (Å²) in [6, 6.07) is 0. The van der Waals surface area contributed by atoms with Crippen LogP contribution >= 0.6 is 0 Å². The van der Waals surface area contributed by atoms with Gasteiger partial charge in [-0.2, -0.15) is 0 Å². The fourth-order valence-electron chi connectivity index (χ4n) is 8.94. The Bertz CT molecular complexity index is 1710. The second-order valence-corrected chi connectivity index (χ2v) is 22.2. The summed E-state index contributed by atoms with van der Waals surface area (Å²) in [4.78, 5) is 67.5. The summed E-state index contributed by atoms with van der Waals surface area (Å²) in [5.41, 5.74) is 10.9. The molecule has 2 aromatic heterocycles. The van der Waals surface area contributed by atoms with Gasteiger partial charge in [-0.1, -0.05) is 238 Å². The van der Waals surface area contributed by atoms with Crippen LogP contribution in [-0.2, 0) is 23.9 Å². The van der Waals surface area contributed by atoms with Gasteiger partial charge in [0.25, 0.3) is 5.56 Å². The largest absolute Gasteiger partial charge is 0.550 e. The SMILES string of the molecule is CCCCCCCC/C=C\CCCCCCCC(N)=O.CCCCCCCCCCCCCCCC(=O)OC(CC(=O)[O-])C[N+](C)(C)C.CCCCCCCCCCCCCCCC(N)=O.O=c1[nH]cnc2nc[nH]c12. The van der Waals surface area contributed by atoms with Crippen molar-refractivity contribution in [2.24, 2.45) is 11.5 Å². The molecular formula is C62H117N7O7. The van der Waals surface area contributed by atoms with Gasteiger partial charge in [0.2, 0.25) is 11.8 Å². The molecule has 0 aromatic carbocycles. The van der Waals surface area contributed by atoms with Crippen LogP contribution in [0.25, 0.3) is 11.2 Å². The number of primary amides is 2. The highest BCUT2D eigenvalue weighted by Gasteiger charge is 2.22. The van der Waals surface area contributed by atoms with E-state index in [1.807, 2.05) is 21.1 Å². The molecule has 76 heavy (non-hydrogen) atoms. The van der Waals surface area contributed by atoms with Crippen molar-refractivity contribution in [3.05, 3.63) is 35.2 Å². The summed E-state index contributed by atoms with van der Waals surface area (Å²) in [5.74, 6) is -1.78. The molecule has 0 bridgehead atoms. The Balaban J connectivity index is 0. The number of rotatable bonds is 48. The number of carboxylic acid groups (broad SMARTS) is 1. The van der Waals surface area contributed by atoms with E-state index < -0.39 is 12.1 Å². The molecule has 0 aliphatic carbocycles. The monoisotopic (exact) mass is 1070 g/mol. The van der Waals surface area contributed by atoms with Crippen LogP contribution in [-0.4, -0.2) is 82.0 Å². The fraction of sp³-hybridized carbons (Fsp3) is 0.823. The predicted molar refractivity (Wildman–Crippen MR) is 315 cm³/mol. The Morgan fingerprint density at radius 3 is 1.14 bits per heavy atom. The van der Waals surface area contributed by atoms with Gasteiger partial charge in [0.1, 0.15) is 6.54 Å². The summed E-state index contributed by atoms with van der Waals surface area (Å²) in [5, 5.41) is 10.9. The van der Waals surface area contributed by atoms with Crippen molar-refractivity contribution in [3.63, 3.8) is 0 Å². The lowest BCUT2D eigenvalue weighted by molar-refractivity contribution is -0.873. The highest BCUT2D eigenvalue weighted by molar-refractivity contribution is 5.74. The Morgan fingerprint density at radius 2 is 0.829 bits per heavy atom. The average Bonchev–Trinajstić information content (AvgIpc) is 3.86. The first-order chi connectivity index (χ1) is 36.7. The van der Waals surface area contributed by atoms with Crippen LogP contribution in [0.3, 0.4) is 0 Å². The number of carbonyl (C=O) groups excluding carboxylic acids is 4. The summed E-state index contributed by atoms with van der Waals surface area (Å²) in [6.45, 7) is 7.26. The number of aromatic nitrogens is 4. The number of aliphatic carboxylic acids is 1. The summed E-state index contributed by atoms with van der Waals surface area (Å²) < 4.78 is 5.91. The minimum absolute atomic E-state index is 0.155. The van der Waals surface area contributed by atoms with Gasteiger partial charge in [-0.3, -0.25) is 19.2 Å². The zero-order chi connectivity index (χ0) is 56.6. The van der Waals surface area contributed by atoms with Crippen LogP contribution < -0.4 is 22.1 Å². The average molecular weight is 1070 g/mol. The topological polar surface area (TPSA) is 227 Å². The maximum absolute atomic E-state index is 12.0. The number of unbranched alkanes of at least 4 members (excludes halogenated alkanes) is 35. The molecule has 2 rings (SSSR count). The number of amides is 2. The number of fused-ring (bicyclic) bond motifs is 1. The van der Waals surface area contributed by atoms with Gasteiger partial charge in [0, 0.05) is 31.7 Å². The second kappa shape index (κ2) is 55.7. The molecule has 0 fully saturated rings. The third-order valence-corrected chi connectivity index (χ3v) is 13.4. The van der Waals surface area contributed by atoms with Crippen molar-refractivity contribution in [2.45, 2.75) is 303 Å². The number of imidazole rings is 1. The van der Waals surface area contributed by atoms with E-state index in [2.05, 4.69) is 52.9 Å². The number of hydrogen-bond acceptors (Lipinski definition) is 9. The third-order valence-electron chi connectivity index (χ3n) is 13.4. The quantitative estimate of drug-likeness (QED) is 0.0214. The summed E-state index contributed by atoms with van der Waals surface area (Å²) in [6.07, 6.45) is 58.6. The molecule has 2 heterocycles. The lowest BCUT2D eigenvalue weighted by atomic mass is 10.0. The number of nitrogens with zero attached hydrogens (tertiary/aromatic N) is 3. The molecule has 14 nitrogen and oxygen atoms in total. The highest BCUT2D eigenvalue weighted by atomic mass is 16.5. The third kappa shape index (κ3) is 57.6. The van der Waals surface area contributed by atoms with Gasteiger partial charge in [-0.05, 0) is 44.9 Å². The maximum atomic E-state index is 12.0. The van der Waals surface area contributed by atoms with Crippen molar-refractivity contribution in [1.29, 1.82) is 0 Å². The lowest BCUT2D eigenvalue weighted by Crippen LogP contribution is -2.45. The number of ether oxygens (including phenoxy) is 1. The van der Waals surface area contributed by atoms with Gasteiger partial charge in [0.05, 0.1) is 33.8 Å². The number of nitrogens with two attached hydrogens (primary N) is 2. The minimum Gasteiger partial charge on any atom is -0.550 e. The molecular weight excluding hydrogens is 955 g/mol. The van der Waals surface area contributed by atoms with Crippen molar-refractivity contribution >= 4 is 34.9 Å². The summed E-state index contributed by atoms with van der Waals surface area (Å²) >= 11 is 0. The number of esters is 1. The van der Waals surface area contributed by atoms with Crippen molar-refractivity contribution in [1.82, 2.24) is 19.9 Å². The van der Waals surface area contributed by atoms with E-state index in [1.165, 1.54) is 225 Å². The number of quaternary nitrogens is 1. The molecule has 0 saturated carbocycles. The van der Waals surface area contributed by atoms with Crippen LogP contribution in [0.4, 0.5) is 0 Å². The summed E-state index contributed by atoms with van der Waals surface area (Å²) in [7, 11) is 5.84. The van der Waals surface area contributed by atoms with Gasteiger partial charge in [-0.25, -0.2) is 9.97 Å². The fourth-order valence-corrected chi connectivity index (χ4v) is 8.94. The van der Waals surface area contributed by atoms with E-state index in [9.17, 15) is 29.1 Å². The number of H-pyrrole nitrogens is 2. The number of allylic oxidation sites excluding steroid dienone is 2. The normalized spacial score (nSPS) is 11.6. The van der Waals surface area contributed by atoms with Gasteiger partial charge < -0.3 is 40.6 Å². The minimum atomic E-state index is -1.17. The van der Waals surface area contributed by atoms with Crippen molar-refractivity contribution < 1.29 is 33.5 Å². The number of aromatic amines is 2. The first-order valence-corrected chi connectivity index (χ1v) is 30.9.